The van der Waals surface area contributed by atoms with E-state index >= 15 is 0 Å². The van der Waals surface area contributed by atoms with Crippen LogP contribution in [0.3, 0.4) is 0 Å². The van der Waals surface area contributed by atoms with E-state index in [0.717, 1.165) is 0 Å². The standard InChI is InChI=1S/C6H5NO2.C4H8S/c8-6(9)5-3-1-2-4-7-5;1-2-4-5-3-1/h1-4H,(H,8,9);1-4H2. The fourth-order valence-corrected chi connectivity index (χ4v) is 2.02. The van der Waals surface area contributed by atoms with Crippen molar-refractivity contribution in [2.45, 2.75) is 12.8 Å². The fourth-order valence-electron chi connectivity index (χ4n) is 1.000. The summed E-state index contributed by atoms with van der Waals surface area (Å²) >= 11 is 2.07. The number of hydrogen-bond acceptors (Lipinski definition) is 3. The van der Waals surface area contributed by atoms with Gasteiger partial charge in [0.1, 0.15) is 5.69 Å². The van der Waals surface area contributed by atoms with E-state index in [2.05, 4.69) is 16.7 Å². The van der Waals surface area contributed by atoms with Gasteiger partial charge in [0.25, 0.3) is 0 Å². The van der Waals surface area contributed by atoms with E-state index < -0.39 is 5.97 Å². The summed E-state index contributed by atoms with van der Waals surface area (Å²) in [6.45, 7) is 0. The Bertz CT molecular complexity index is 265. The Hall–Kier alpha value is -1.03. The van der Waals surface area contributed by atoms with Crippen molar-refractivity contribution < 1.29 is 9.90 Å². The largest absolute Gasteiger partial charge is 0.477 e. The molecule has 1 N–H and O–H groups in total. The van der Waals surface area contributed by atoms with Gasteiger partial charge in [-0.05, 0) is 36.5 Å². The van der Waals surface area contributed by atoms with Gasteiger partial charge in [0.05, 0.1) is 0 Å². The lowest BCUT2D eigenvalue weighted by molar-refractivity contribution is 0.0690. The molecule has 0 atom stereocenters. The van der Waals surface area contributed by atoms with Crippen molar-refractivity contribution in [1.29, 1.82) is 0 Å². The summed E-state index contributed by atoms with van der Waals surface area (Å²) in [7, 11) is 0. The third-order valence-electron chi connectivity index (χ3n) is 1.71. The van der Waals surface area contributed by atoms with Gasteiger partial charge in [0, 0.05) is 6.20 Å². The molecule has 1 aliphatic rings. The predicted octanol–water partition coefficient (Wildman–Crippen LogP) is 2.29. The summed E-state index contributed by atoms with van der Waals surface area (Å²) in [6.07, 6.45) is 4.37. The third kappa shape index (κ3) is 4.28. The minimum absolute atomic E-state index is 0.0810. The predicted molar refractivity (Wildman–Crippen MR) is 57.8 cm³/mol. The summed E-state index contributed by atoms with van der Waals surface area (Å²) < 4.78 is 0. The van der Waals surface area contributed by atoms with E-state index in [1.165, 1.54) is 36.6 Å². The Morgan fingerprint density at radius 1 is 1.36 bits per heavy atom. The lowest BCUT2D eigenvalue weighted by Crippen LogP contribution is -1.97. The van der Waals surface area contributed by atoms with Crippen LogP contribution in [0.5, 0.6) is 0 Å². The van der Waals surface area contributed by atoms with Gasteiger partial charge in [-0.25, -0.2) is 9.78 Å². The fraction of sp³-hybridized carbons (Fsp3) is 0.400. The molecule has 76 valence electrons. The first-order chi connectivity index (χ1) is 6.80. The molecule has 1 aromatic heterocycles. The molecule has 14 heavy (non-hydrogen) atoms. The number of carboxylic acids is 1. The van der Waals surface area contributed by atoms with Crippen molar-refractivity contribution in [2.24, 2.45) is 0 Å². The number of carboxylic acid groups (broad SMARTS) is 1. The van der Waals surface area contributed by atoms with E-state index in [0.29, 0.717) is 0 Å². The molecule has 1 fully saturated rings. The number of carbonyl (C=O) groups is 1. The van der Waals surface area contributed by atoms with Gasteiger partial charge in [-0.3, -0.25) is 0 Å². The van der Waals surface area contributed by atoms with Crippen molar-refractivity contribution in [3.8, 4) is 0 Å². The molecule has 0 radical (unpaired) electrons. The number of hydrogen-bond donors (Lipinski definition) is 1. The van der Waals surface area contributed by atoms with Crippen LogP contribution in [0.15, 0.2) is 24.4 Å². The van der Waals surface area contributed by atoms with Gasteiger partial charge < -0.3 is 5.11 Å². The zero-order chi connectivity index (χ0) is 10.2. The lowest BCUT2D eigenvalue weighted by Gasteiger charge is -1.87. The zero-order valence-electron chi connectivity index (χ0n) is 7.85. The van der Waals surface area contributed by atoms with Crippen molar-refractivity contribution in [2.75, 3.05) is 11.5 Å². The smallest absolute Gasteiger partial charge is 0.354 e. The maximum absolute atomic E-state index is 10.1. The van der Waals surface area contributed by atoms with Gasteiger partial charge in [-0.1, -0.05) is 6.07 Å². The summed E-state index contributed by atoms with van der Waals surface area (Å²) in [6, 6.07) is 4.76. The van der Waals surface area contributed by atoms with Gasteiger partial charge in [0.15, 0.2) is 0 Å². The van der Waals surface area contributed by atoms with Crippen LogP contribution in [0.2, 0.25) is 0 Å². The highest BCUT2D eigenvalue weighted by atomic mass is 32.2. The number of thioether (sulfide) groups is 1. The average Bonchev–Trinajstić information content (AvgIpc) is 2.77. The Labute approximate surface area is 87.6 Å². The van der Waals surface area contributed by atoms with Crippen molar-refractivity contribution in [3.05, 3.63) is 30.1 Å². The first kappa shape index (κ1) is 11.0. The molecule has 1 saturated heterocycles. The van der Waals surface area contributed by atoms with E-state index in [4.69, 9.17) is 5.11 Å². The number of pyridine rings is 1. The maximum Gasteiger partial charge on any atom is 0.354 e. The summed E-state index contributed by atoms with van der Waals surface area (Å²) in [5, 5.41) is 8.32. The Kier molecular flexibility index (Phi) is 5.07. The SMILES string of the molecule is C1CCSC1.O=C(O)c1ccccn1. The molecule has 3 nitrogen and oxygen atoms in total. The highest BCUT2D eigenvalue weighted by Crippen LogP contribution is 2.14. The average molecular weight is 211 g/mol. The summed E-state index contributed by atoms with van der Waals surface area (Å²) in [5.41, 5.74) is 0.0810. The van der Waals surface area contributed by atoms with Crippen LogP contribution in [0.25, 0.3) is 0 Å². The highest BCUT2D eigenvalue weighted by molar-refractivity contribution is 7.99. The Balaban J connectivity index is 0.000000165. The molecule has 0 spiro atoms. The zero-order valence-corrected chi connectivity index (χ0v) is 8.67. The van der Waals surface area contributed by atoms with Gasteiger partial charge in [-0.15, -0.1) is 0 Å². The normalized spacial score (nSPS) is 14.3. The first-order valence-electron chi connectivity index (χ1n) is 4.53. The van der Waals surface area contributed by atoms with Crippen LogP contribution in [-0.2, 0) is 0 Å². The second-order valence-corrected chi connectivity index (χ2v) is 4.06. The van der Waals surface area contributed by atoms with Crippen LogP contribution in [0.1, 0.15) is 23.3 Å². The molecule has 1 aliphatic heterocycles. The monoisotopic (exact) mass is 211 g/mol. The quantitative estimate of drug-likeness (QED) is 0.774. The first-order valence-corrected chi connectivity index (χ1v) is 5.68. The van der Waals surface area contributed by atoms with Crippen LogP contribution >= 0.6 is 11.8 Å². The molecule has 0 saturated carbocycles. The second-order valence-electron chi connectivity index (χ2n) is 2.84. The minimum Gasteiger partial charge on any atom is -0.477 e. The molecule has 2 heterocycles. The number of aromatic carboxylic acids is 1. The van der Waals surface area contributed by atoms with Gasteiger partial charge >= 0.3 is 5.97 Å². The molecule has 0 amide bonds. The molecule has 0 aliphatic carbocycles. The molecule has 2 rings (SSSR count). The molecule has 1 aromatic rings. The van der Waals surface area contributed by atoms with Crippen molar-refractivity contribution >= 4 is 17.7 Å². The Morgan fingerprint density at radius 2 is 2.07 bits per heavy atom. The molecule has 0 unspecified atom stereocenters. The molecule has 0 bridgehead atoms. The van der Waals surface area contributed by atoms with Crippen molar-refractivity contribution in [3.63, 3.8) is 0 Å². The van der Waals surface area contributed by atoms with Crippen molar-refractivity contribution in [1.82, 2.24) is 4.98 Å². The van der Waals surface area contributed by atoms with E-state index in [-0.39, 0.29) is 5.69 Å². The lowest BCUT2D eigenvalue weighted by atomic mass is 10.4. The summed E-state index contributed by atoms with van der Waals surface area (Å²) in [4.78, 5) is 13.7. The topological polar surface area (TPSA) is 50.2 Å². The van der Waals surface area contributed by atoms with Crippen LogP contribution in [-0.4, -0.2) is 27.6 Å². The third-order valence-corrected chi connectivity index (χ3v) is 2.87. The van der Waals surface area contributed by atoms with Crippen LogP contribution in [0, 0.1) is 0 Å². The van der Waals surface area contributed by atoms with E-state index in [1.54, 1.807) is 12.1 Å². The Morgan fingerprint density at radius 3 is 2.36 bits per heavy atom. The minimum atomic E-state index is -0.990. The molecular formula is C10H13NO2S. The molecule has 4 heteroatoms. The van der Waals surface area contributed by atoms with Gasteiger partial charge in [0.2, 0.25) is 0 Å². The molecular weight excluding hydrogens is 198 g/mol. The highest BCUT2D eigenvalue weighted by Gasteiger charge is 1.98. The summed E-state index contributed by atoms with van der Waals surface area (Å²) in [5.74, 6) is 1.84. The number of aromatic nitrogens is 1. The number of rotatable bonds is 1. The number of nitrogens with zero attached hydrogens (tertiary/aromatic N) is 1. The molecule has 0 aromatic carbocycles. The van der Waals surface area contributed by atoms with Crippen LogP contribution < -0.4 is 0 Å². The van der Waals surface area contributed by atoms with Gasteiger partial charge in [-0.2, -0.15) is 11.8 Å². The maximum atomic E-state index is 10.1. The van der Waals surface area contributed by atoms with E-state index in [9.17, 15) is 4.79 Å². The van der Waals surface area contributed by atoms with Crippen LogP contribution in [0.4, 0.5) is 0 Å². The second kappa shape index (κ2) is 6.43. The van der Waals surface area contributed by atoms with E-state index in [1.807, 2.05) is 0 Å².